The van der Waals surface area contributed by atoms with Gasteiger partial charge in [-0.1, -0.05) is 283 Å². The Hall–Kier alpha value is -5.06. The highest BCUT2D eigenvalue weighted by Gasteiger charge is 2.30. The fraction of sp³-hybridized carbons (Fsp3) is 0.663. The third-order valence-electron chi connectivity index (χ3n) is 15.8. The second kappa shape index (κ2) is 74.2. The molecule has 5 unspecified atom stereocenters. The van der Waals surface area contributed by atoms with Crippen LogP contribution in [0, 0.1) is 0 Å². The van der Waals surface area contributed by atoms with Crippen molar-refractivity contribution in [1.29, 1.82) is 0 Å². The van der Waals surface area contributed by atoms with Crippen LogP contribution in [-0.2, 0) is 65.4 Å². The van der Waals surface area contributed by atoms with Crippen molar-refractivity contribution in [3.05, 3.63) is 146 Å². The van der Waals surface area contributed by atoms with E-state index in [0.717, 1.165) is 148 Å². The molecule has 102 heavy (non-hydrogen) atoms. The SMILES string of the molecule is CC/C=C\C/C=C\C/C=C\C/C=C\C/C=C\CCCC(=O)OCC(COP(=O)(O)OCC(O)COP(=O)(O)OCC(COC(=O)CCCC/C=C\C/C=C\C/C=C\C/C=C\CC)OC(=O)CCCCCCCCCCCCCCCCC)OC(=O)CCCCCCC/C=C\C/C=C\C/C=C\CC. The molecule has 0 saturated heterocycles. The van der Waals surface area contributed by atoms with Crippen LogP contribution in [0.15, 0.2) is 146 Å². The lowest BCUT2D eigenvalue weighted by Crippen LogP contribution is -2.30. The first-order chi connectivity index (χ1) is 49.7. The van der Waals surface area contributed by atoms with Gasteiger partial charge >= 0.3 is 39.5 Å². The van der Waals surface area contributed by atoms with Gasteiger partial charge in [0.1, 0.15) is 19.3 Å². The largest absolute Gasteiger partial charge is 0.472 e. The van der Waals surface area contributed by atoms with Gasteiger partial charge in [-0.15, -0.1) is 0 Å². The molecule has 0 saturated carbocycles. The molecule has 0 aliphatic carbocycles. The van der Waals surface area contributed by atoms with Gasteiger partial charge in [-0.25, -0.2) is 9.13 Å². The van der Waals surface area contributed by atoms with E-state index in [1.165, 1.54) is 64.2 Å². The number of aliphatic hydroxyl groups is 1. The number of carbonyl (C=O) groups excluding carboxylic acids is 4. The van der Waals surface area contributed by atoms with Gasteiger partial charge in [0.2, 0.25) is 0 Å². The Morgan fingerprint density at radius 1 is 0.284 bits per heavy atom. The summed E-state index contributed by atoms with van der Waals surface area (Å²) in [4.78, 5) is 72.9. The summed E-state index contributed by atoms with van der Waals surface area (Å²) in [6.45, 7) is 4.41. The zero-order valence-electron chi connectivity index (χ0n) is 63.5. The molecule has 0 aromatic carbocycles. The lowest BCUT2D eigenvalue weighted by atomic mass is 10.0. The summed E-state index contributed by atoms with van der Waals surface area (Å²) < 4.78 is 68.5. The van der Waals surface area contributed by atoms with Crippen LogP contribution >= 0.6 is 15.6 Å². The number of esters is 4. The van der Waals surface area contributed by atoms with E-state index < -0.39 is 97.5 Å². The van der Waals surface area contributed by atoms with Crippen LogP contribution in [0.5, 0.6) is 0 Å². The molecule has 582 valence electrons. The monoisotopic (exact) mass is 1470 g/mol. The summed E-state index contributed by atoms with van der Waals surface area (Å²) >= 11 is 0. The van der Waals surface area contributed by atoms with Gasteiger partial charge in [0, 0.05) is 25.7 Å². The number of phosphoric ester groups is 2. The van der Waals surface area contributed by atoms with Gasteiger partial charge in [-0.2, -0.15) is 0 Å². The van der Waals surface area contributed by atoms with E-state index in [0.29, 0.717) is 32.1 Å². The second-order valence-corrected chi connectivity index (χ2v) is 28.4. The molecule has 0 aromatic heterocycles. The molecule has 0 aromatic rings. The summed E-state index contributed by atoms with van der Waals surface area (Å²) in [7, 11) is -9.99. The molecule has 5 atom stereocenters. The smallest absolute Gasteiger partial charge is 0.462 e. The van der Waals surface area contributed by atoms with Crippen molar-refractivity contribution in [3.63, 3.8) is 0 Å². The number of phosphoric acid groups is 2. The molecule has 0 bridgehead atoms. The summed E-state index contributed by atoms with van der Waals surface area (Å²) in [6, 6.07) is 0. The van der Waals surface area contributed by atoms with Gasteiger partial charge in [0.15, 0.2) is 12.2 Å². The summed E-state index contributed by atoms with van der Waals surface area (Å²) in [5.41, 5.74) is 0. The Morgan fingerprint density at radius 2 is 0.520 bits per heavy atom. The minimum atomic E-state index is -5.00. The molecular formula is C83H138O17P2. The lowest BCUT2D eigenvalue weighted by molar-refractivity contribution is -0.161. The fourth-order valence-corrected chi connectivity index (χ4v) is 11.5. The summed E-state index contributed by atoms with van der Waals surface area (Å²) in [5.74, 6) is -2.31. The van der Waals surface area contributed by atoms with Crippen molar-refractivity contribution in [3.8, 4) is 0 Å². The first-order valence-corrected chi connectivity index (χ1v) is 42.1. The number of hydrogen-bond acceptors (Lipinski definition) is 15. The maximum atomic E-state index is 13.1. The van der Waals surface area contributed by atoms with Crippen molar-refractivity contribution in [2.24, 2.45) is 0 Å². The maximum Gasteiger partial charge on any atom is 0.472 e. The number of carbonyl (C=O) groups is 4. The zero-order chi connectivity index (χ0) is 74.6. The molecule has 0 radical (unpaired) electrons. The van der Waals surface area contributed by atoms with Crippen LogP contribution in [-0.4, -0.2) is 96.7 Å². The van der Waals surface area contributed by atoms with Crippen LogP contribution in [0.3, 0.4) is 0 Å². The Bertz CT molecular complexity index is 2510. The number of aliphatic hydroxyl groups excluding tert-OH is 1. The molecule has 0 heterocycles. The number of rotatable bonds is 72. The van der Waals surface area contributed by atoms with Crippen LogP contribution in [0.1, 0.15) is 297 Å². The van der Waals surface area contributed by atoms with Crippen molar-refractivity contribution in [2.45, 2.75) is 316 Å². The average molecular weight is 1470 g/mol. The highest BCUT2D eigenvalue weighted by atomic mass is 31.2. The Balaban J connectivity index is 5.46. The third kappa shape index (κ3) is 73.3. The van der Waals surface area contributed by atoms with E-state index in [9.17, 15) is 43.2 Å². The van der Waals surface area contributed by atoms with E-state index in [-0.39, 0.29) is 25.7 Å². The minimum Gasteiger partial charge on any atom is -0.462 e. The molecule has 0 aliphatic rings. The van der Waals surface area contributed by atoms with Gasteiger partial charge < -0.3 is 33.8 Å². The Labute approximate surface area is 617 Å². The molecule has 0 aliphatic heterocycles. The lowest BCUT2D eigenvalue weighted by Gasteiger charge is -2.21. The van der Waals surface area contributed by atoms with E-state index in [4.69, 9.17) is 37.0 Å². The Kier molecular flexibility index (Phi) is 70.5. The highest BCUT2D eigenvalue weighted by Crippen LogP contribution is 2.45. The third-order valence-corrected chi connectivity index (χ3v) is 17.7. The molecule has 0 spiro atoms. The zero-order valence-corrected chi connectivity index (χ0v) is 65.3. The van der Waals surface area contributed by atoms with E-state index in [1.54, 1.807) is 0 Å². The van der Waals surface area contributed by atoms with Crippen LogP contribution in [0.4, 0.5) is 0 Å². The molecule has 17 nitrogen and oxygen atoms in total. The number of ether oxygens (including phenoxy) is 4. The van der Waals surface area contributed by atoms with Crippen LogP contribution in [0.2, 0.25) is 0 Å². The predicted molar refractivity (Wildman–Crippen MR) is 417 cm³/mol. The van der Waals surface area contributed by atoms with Crippen LogP contribution in [0.25, 0.3) is 0 Å². The highest BCUT2D eigenvalue weighted by molar-refractivity contribution is 7.47. The first kappa shape index (κ1) is 96.9. The molecule has 0 rings (SSSR count). The normalized spacial score (nSPS) is 14.7. The predicted octanol–water partition coefficient (Wildman–Crippen LogP) is 22.7. The molecule has 3 N–H and O–H groups in total. The van der Waals surface area contributed by atoms with Crippen molar-refractivity contribution < 1.29 is 80.2 Å². The average Bonchev–Trinajstić information content (AvgIpc) is 0.923. The fourth-order valence-electron chi connectivity index (χ4n) is 9.97. The van der Waals surface area contributed by atoms with E-state index in [2.05, 4.69) is 161 Å². The van der Waals surface area contributed by atoms with E-state index in [1.807, 2.05) is 12.2 Å². The van der Waals surface area contributed by atoms with Gasteiger partial charge in [0.25, 0.3) is 0 Å². The molecule has 19 heteroatoms. The molecular weight excluding hydrogens is 1330 g/mol. The number of allylic oxidation sites excluding steroid dienone is 24. The Morgan fingerprint density at radius 3 is 0.843 bits per heavy atom. The van der Waals surface area contributed by atoms with Crippen molar-refractivity contribution in [2.75, 3.05) is 39.6 Å². The van der Waals surface area contributed by atoms with Gasteiger partial charge in [-0.3, -0.25) is 37.3 Å². The standard InChI is InChI=1S/C83H138O17P2/c1-5-9-13-17-21-25-29-33-37-38-42-44-48-52-56-60-64-68-81(86)94-74-79(100-83(88)70-66-62-58-54-50-46-41-36-32-28-24-20-16-12-8-4)76-98-102(91,92)96-72-77(84)71-95-101(89,90)97-75-78(99-82(87)69-65-61-57-53-49-45-40-35-31-27-23-19-15-11-7-3)73-93-80(85)67-63-59-55-51-47-43-39-34-30-26-22-18-14-10-6-2/h9-10,12-14,16,21-22,24-26,28,33-34,36-37,39,41-42,44,47,51-52,56,77-79,84H,5-8,11,15,17-20,23,27,29-32,35,38,40,43,45-46,48-50,53-55,57-76H2,1-4H3,(H,89,90)(H,91,92)/b13-9-,14-10-,16-12-,25-21-,26-22-,28-24-,37-33-,39-34-,41-36-,44-42-,51-47-,56-52-. The van der Waals surface area contributed by atoms with Gasteiger partial charge in [-0.05, 0) is 135 Å². The van der Waals surface area contributed by atoms with E-state index >= 15 is 0 Å². The van der Waals surface area contributed by atoms with Crippen molar-refractivity contribution >= 4 is 39.5 Å². The molecule has 0 amide bonds. The number of unbranched alkanes of at least 4 members (excludes halogenated alkanes) is 22. The van der Waals surface area contributed by atoms with Crippen LogP contribution < -0.4 is 0 Å². The molecule has 0 fully saturated rings. The second-order valence-electron chi connectivity index (χ2n) is 25.5. The first-order valence-electron chi connectivity index (χ1n) is 39.1. The van der Waals surface area contributed by atoms with Gasteiger partial charge in [0.05, 0.1) is 26.4 Å². The summed E-state index contributed by atoms with van der Waals surface area (Å²) in [5, 5.41) is 10.6. The number of hydrogen-bond donors (Lipinski definition) is 3. The minimum absolute atomic E-state index is 0.0583. The van der Waals surface area contributed by atoms with Crippen molar-refractivity contribution in [1.82, 2.24) is 0 Å². The quantitative estimate of drug-likeness (QED) is 0.0169. The topological polar surface area (TPSA) is 237 Å². The maximum absolute atomic E-state index is 13.1. The summed E-state index contributed by atoms with van der Waals surface area (Å²) in [6.07, 6.45) is 84.1.